The van der Waals surface area contributed by atoms with E-state index >= 15 is 0 Å². The molecule has 2 aromatic carbocycles. The minimum Gasteiger partial charge on any atom is -0.320 e. The fraction of sp³-hybridized carbons (Fsp3) is 0.294. The molecular formula is C17H19ClFN. The van der Waals surface area contributed by atoms with Gasteiger partial charge in [0, 0.05) is 10.6 Å². The summed E-state index contributed by atoms with van der Waals surface area (Å²) < 4.78 is 13.9. The molecule has 1 nitrogen and oxygen atoms in total. The van der Waals surface area contributed by atoms with Crippen LogP contribution in [0.2, 0.25) is 5.02 Å². The molecule has 3 heteroatoms. The third-order valence-corrected chi connectivity index (χ3v) is 3.48. The Hall–Kier alpha value is -1.38. The molecule has 2 N–H and O–H groups in total. The Bertz CT molecular complexity index is 595. The van der Waals surface area contributed by atoms with Gasteiger partial charge in [0.15, 0.2) is 0 Å². The third-order valence-electron chi connectivity index (χ3n) is 3.25. The van der Waals surface area contributed by atoms with E-state index < -0.39 is 6.04 Å². The molecule has 0 spiro atoms. The summed E-state index contributed by atoms with van der Waals surface area (Å²) in [5, 5.41) is 0.496. The Morgan fingerprint density at radius 3 is 2.60 bits per heavy atom. The first-order chi connectivity index (χ1) is 9.47. The maximum absolute atomic E-state index is 13.9. The Morgan fingerprint density at radius 2 is 1.90 bits per heavy atom. The molecule has 2 aromatic rings. The van der Waals surface area contributed by atoms with Gasteiger partial charge in [-0.15, -0.1) is 0 Å². The average molecular weight is 292 g/mol. The molecule has 0 saturated heterocycles. The molecule has 1 atom stereocenters. The Morgan fingerprint density at radius 1 is 1.15 bits per heavy atom. The summed E-state index contributed by atoms with van der Waals surface area (Å²) in [5.74, 6) is 0.251. The largest absolute Gasteiger partial charge is 0.320 e. The van der Waals surface area contributed by atoms with Gasteiger partial charge in [0.05, 0.1) is 6.04 Å². The molecule has 0 aliphatic carbocycles. The molecule has 0 aliphatic rings. The van der Waals surface area contributed by atoms with Crippen molar-refractivity contribution >= 4 is 11.6 Å². The van der Waals surface area contributed by atoms with Gasteiger partial charge in [0.1, 0.15) is 5.82 Å². The molecule has 0 saturated carbocycles. The zero-order chi connectivity index (χ0) is 14.7. The summed E-state index contributed by atoms with van der Waals surface area (Å²) in [4.78, 5) is 0. The van der Waals surface area contributed by atoms with Gasteiger partial charge in [-0.25, -0.2) is 4.39 Å². The van der Waals surface area contributed by atoms with Crippen LogP contribution in [0.4, 0.5) is 4.39 Å². The predicted octanol–water partition coefficient (Wildman–Crippen LogP) is 4.73. The fourth-order valence-corrected chi connectivity index (χ4v) is 2.50. The van der Waals surface area contributed by atoms with Gasteiger partial charge in [0.2, 0.25) is 0 Å². The highest BCUT2D eigenvalue weighted by Crippen LogP contribution is 2.26. The summed E-state index contributed by atoms with van der Waals surface area (Å²) >= 11 is 5.93. The van der Waals surface area contributed by atoms with E-state index in [1.165, 1.54) is 17.7 Å². The first-order valence-corrected chi connectivity index (χ1v) is 7.14. The molecule has 0 fully saturated rings. The number of halogens is 2. The van der Waals surface area contributed by atoms with Crippen molar-refractivity contribution in [1.82, 2.24) is 0 Å². The standard InChI is InChI=1S/C17H19ClFN/c1-11(2)8-12-4-3-5-13(9-12)17(20)15-10-14(18)6-7-16(15)19/h3-7,9-11,17H,8,20H2,1-2H3. The van der Waals surface area contributed by atoms with Crippen molar-refractivity contribution in [2.75, 3.05) is 0 Å². The summed E-state index contributed by atoms with van der Waals surface area (Å²) in [6.45, 7) is 4.34. The van der Waals surface area contributed by atoms with Crippen LogP contribution in [-0.2, 0) is 6.42 Å². The van der Waals surface area contributed by atoms with Crippen LogP contribution in [0.3, 0.4) is 0 Å². The number of nitrogens with two attached hydrogens (primary N) is 1. The van der Waals surface area contributed by atoms with E-state index in [1.54, 1.807) is 6.07 Å². The molecule has 0 aromatic heterocycles. The van der Waals surface area contributed by atoms with Crippen molar-refractivity contribution in [3.8, 4) is 0 Å². The van der Waals surface area contributed by atoms with Gasteiger partial charge in [-0.05, 0) is 41.7 Å². The summed E-state index contributed by atoms with van der Waals surface area (Å²) in [6.07, 6.45) is 0.985. The highest BCUT2D eigenvalue weighted by atomic mass is 35.5. The van der Waals surface area contributed by atoms with Gasteiger partial charge in [-0.1, -0.05) is 49.7 Å². The van der Waals surface area contributed by atoms with E-state index in [0.29, 0.717) is 16.5 Å². The highest BCUT2D eigenvalue weighted by molar-refractivity contribution is 6.30. The van der Waals surface area contributed by atoms with E-state index in [0.717, 1.165) is 12.0 Å². The molecule has 1 unspecified atom stereocenters. The normalized spacial score (nSPS) is 12.7. The summed E-state index contributed by atoms with van der Waals surface area (Å²) in [5.41, 5.74) is 8.74. The second-order valence-electron chi connectivity index (χ2n) is 5.49. The molecule has 0 radical (unpaired) electrons. The van der Waals surface area contributed by atoms with Crippen molar-refractivity contribution in [3.05, 3.63) is 70.0 Å². The van der Waals surface area contributed by atoms with Crippen LogP contribution in [0.5, 0.6) is 0 Å². The fourth-order valence-electron chi connectivity index (χ4n) is 2.32. The van der Waals surface area contributed by atoms with Crippen LogP contribution in [0, 0.1) is 11.7 Å². The van der Waals surface area contributed by atoms with Crippen molar-refractivity contribution < 1.29 is 4.39 Å². The maximum Gasteiger partial charge on any atom is 0.128 e. The van der Waals surface area contributed by atoms with Gasteiger partial charge >= 0.3 is 0 Å². The molecule has 0 heterocycles. The average Bonchev–Trinajstić information content (AvgIpc) is 2.40. The zero-order valence-electron chi connectivity index (χ0n) is 11.7. The van der Waals surface area contributed by atoms with Crippen LogP contribution in [-0.4, -0.2) is 0 Å². The van der Waals surface area contributed by atoms with E-state index in [-0.39, 0.29) is 5.82 Å². The van der Waals surface area contributed by atoms with Crippen molar-refractivity contribution in [3.63, 3.8) is 0 Å². The zero-order valence-corrected chi connectivity index (χ0v) is 12.5. The minimum absolute atomic E-state index is 0.323. The molecule has 0 aliphatic heterocycles. The lowest BCUT2D eigenvalue weighted by Gasteiger charge is -2.15. The maximum atomic E-state index is 13.9. The second kappa shape index (κ2) is 6.38. The van der Waals surface area contributed by atoms with Crippen LogP contribution < -0.4 is 5.73 Å². The van der Waals surface area contributed by atoms with Gasteiger partial charge < -0.3 is 5.73 Å². The lowest BCUT2D eigenvalue weighted by atomic mass is 9.95. The quantitative estimate of drug-likeness (QED) is 0.866. The predicted molar refractivity (Wildman–Crippen MR) is 82.4 cm³/mol. The van der Waals surface area contributed by atoms with Gasteiger partial charge in [-0.2, -0.15) is 0 Å². The number of hydrogen-bond acceptors (Lipinski definition) is 1. The van der Waals surface area contributed by atoms with Crippen molar-refractivity contribution in [1.29, 1.82) is 0 Å². The smallest absolute Gasteiger partial charge is 0.128 e. The SMILES string of the molecule is CC(C)Cc1cccc(C(N)c2cc(Cl)ccc2F)c1. The van der Waals surface area contributed by atoms with Crippen molar-refractivity contribution in [2.24, 2.45) is 11.7 Å². The third kappa shape index (κ3) is 3.59. The van der Waals surface area contributed by atoms with E-state index in [9.17, 15) is 4.39 Å². The van der Waals surface area contributed by atoms with E-state index in [2.05, 4.69) is 19.9 Å². The van der Waals surface area contributed by atoms with Crippen LogP contribution >= 0.6 is 11.6 Å². The van der Waals surface area contributed by atoms with E-state index in [1.807, 2.05) is 18.2 Å². The number of hydrogen-bond donors (Lipinski definition) is 1. The highest BCUT2D eigenvalue weighted by Gasteiger charge is 2.14. The number of rotatable bonds is 4. The Balaban J connectivity index is 2.33. The number of benzene rings is 2. The molecule has 2 rings (SSSR count). The van der Waals surface area contributed by atoms with Crippen LogP contribution in [0.15, 0.2) is 42.5 Å². The van der Waals surface area contributed by atoms with Crippen molar-refractivity contribution in [2.45, 2.75) is 26.3 Å². The molecule has 0 bridgehead atoms. The van der Waals surface area contributed by atoms with Gasteiger partial charge in [-0.3, -0.25) is 0 Å². The topological polar surface area (TPSA) is 26.0 Å². The lowest BCUT2D eigenvalue weighted by molar-refractivity contribution is 0.599. The Labute approximate surface area is 124 Å². The van der Waals surface area contributed by atoms with Gasteiger partial charge in [0.25, 0.3) is 0 Å². The molecule has 20 heavy (non-hydrogen) atoms. The first kappa shape index (κ1) is 15.0. The van der Waals surface area contributed by atoms with Crippen LogP contribution in [0.1, 0.15) is 36.6 Å². The second-order valence-corrected chi connectivity index (χ2v) is 5.92. The first-order valence-electron chi connectivity index (χ1n) is 6.76. The summed E-state index contributed by atoms with van der Waals surface area (Å²) in [7, 11) is 0. The Kier molecular flexibility index (Phi) is 4.79. The molecule has 0 amide bonds. The minimum atomic E-state index is -0.499. The summed E-state index contributed by atoms with van der Waals surface area (Å²) in [6, 6.07) is 12.0. The van der Waals surface area contributed by atoms with E-state index in [4.69, 9.17) is 17.3 Å². The monoisotopic (exact) mass is 291 g/mol. The molecule has 106 valence electrons. The van der Waals surface area contributed by atoms with Crippen LogP contribution in [0.25, 0.3) is 0 Å². The molecular weight excluding hydrogens is 273 g/mol. The lowest BCUT2D eigenvalue weighted by Crippen LogP contribution is -2.14.